The van der Waals surface area contributed by atoms with Gasteiger partial charge in [0.05, 0.1) is 29.1 Å². The van der Waals surface area contributed by atoms with E-state index >= 15 is 0 Å². The van der Waals surface area contributed by atoms with Gasteiger partial charge in [0.25, 0.3) is 0 Å². The Balaban J connectivity index is 1.61. The highest BCUT2D eigenvalue weighted by molar-refractivity contribution is 5.85. The lowest BCUT2D eigenvalue weighted by atomic mass is 9.90. The van der Waals surface area contributed by atoms with Crippen molar-refractivity contribution in [2.45, 2.75) is 25.4 Å². The van der Waals surface area contributed by atoms with Gasteiger partial charge in [0.1, 0.15) is 5.75 Å². The number of hydrogen-bond acceptors (Lipinski definition) is 4. The number of hydrogen-bond donors (Lipinski definition) is 1. The van der Waals surface area contributed by atoms with E-state index < -0.39 is 11.7 Å². The molecule has 0 saturated carbocycles. The van der Waals surface area contributed by atoms with Crippen LogP contribution < -0.4 is 10.1 Å². The van der Waals surface area contributed by atoms with Crippen LogP contribution in [0.25, 0.3) is 11.1 Å². The normalized spacial score (nSPS) is 15.7. The molecule has 0 bridgehead atoms. The molecule has 31 heavy (non-hydrogen) atoms. The lowest BCUT2D eigenvalue weighted by Gasteiger charge is -2.27. The third-order valence-electron chi connectivity index (χ3n) is 5.50. The molecule has 159 valence electrons. The second-order valence-corrected chi connectivity index (χ2v) is 7.43. The Morgan fingerprint density at radius 1 is 1.19 bits per heavy atom. The van der Waals surface area contributed by atoms with Gasteiger partial charge < -0.3 is 10.1 Å². The van der Waals surface area contributed by atoms with E-state index in [1.165, 1.54) is 12.1 Å². The highest BCUT2D eigenvalue weighted by Crippen LogP contribution is 2.41. The van der Waals surface area contributed by atoms with E-state index in [0.29, 0.717) is 41.4 Å². The summed E-state index contributed by atoms with van der Waals surface area (Å²) < 4.78 is 46.0. The third kappa shape index (κ3) is 4.26. The van der Waals surface area contributed by atoms with Crippen molar-refractivity contribution in [3.63, 3.8) is 0 Å². The molecule has 1 radical (unpaired) electrons. The number of carbonyl (C=O) groups excluding carboxylic acids is 1. The quantitative estimate of drug-likeness (QED) is 0.586. The molecule has 1 atom stereocenters. The van der Waals surface area contributed by atoms with Crippen molar-refractivity contribution >= 4 is 12.0 Å². The van der Waals surface area contributed by atoms with E-state index in [2.05, 4.69) is 10.3 Å². The summed E-state index contributed by atoms with van der Waals surface area (Å²) in [6.45, 7) is 2.81. The molecule has 7 heteroatoms. The fourth-order valence-corrected chi connectivity index (χ4v) is 3.92. The first kappa shape index (κ1) is 20.9. The zero-order chi connectivity index (χ0) is 22.0. The van der Waals surface area contributed by atoms with Gasteiger partial charge in [0.2, 0.25) is 6.29 Å². The average molecular weight is 425 g/mol. The minimum atomic E-state index is -4.44. The predicted molar refractivity (Wildman–Crippen MR) is 112 cm³/mol. The molecule has 0 aliphatic carbocycles. The minimum Gasteiger partial charge on any atom is -0.493 e. The van der Waals surface area contributed by atoms with Crippen LogP contribution in [0.5, 0.6) is 5.75 Å². The molecule has 0 amide bonds. The van der Waals surface area contributed by atoms with Crippen molar-refractivity contribution in [2.75, 3.05) is 18.5 Å². The molecule has 1 aliphatic rings. The van der Waals surface area contributed by atoms with Gasteiger partial charge in [0, 0.05) is 18.7 Å². The van der Waals surface area contributed by atoms with Crippen LogP contribution in [-0.2, 0) is 11.0 Å². The number of pyridine rings is 1. The van der Waals surface area contributed by atoms with Gasteiger partial charge in [-0.05, 0) is 48.2 Å². The predicted octanol–water partition coefficient (Wildman–Crippen LogP) is 5.51. The smallest absolute Gasteiger partial charge is 0.417 e. The average Bonchev–Trinajstić information content (AvgIpc) is 2.77. The molecule has 4 rings (SSSR count). The lowest BCUT2D eigenvalue weighted by molar-refractivity contribution is -0.137. The number of nitrogens with zero attached hydrogens (tertiary/aromatic N) is 1. The van der Waals surface area contributed by atoms with Crippen LogP contribution in [0, 0.1) is 6.92 Å². The van der Waals surface area contributed by atoms with Gasteiger partial charge in [-0.1, -0.05) is 30.3 Å². The lowest BCUT2D eigenvalue weighted by Crippen LogP contribution is -2.21. The number of aryl methyl sites for hydroxylation is 1. The first-order valence-electron chi connectivity index (χ1n) is 9.89. The summed E-state index contributed by atoms with van der Waals surface area (Å²) in [5.74, 6) is 0.660. The highest BCUT2D eigenvalue weighted by Gasteiger charge is 2.33. The number of fused-ring (bicyclic) bond motifs is 1. The summed E-state index contributed by atoms with van der Waals surface area (Å²) in [5, 5.41) is 3.29. The summed E-state index contributed by atoms with van der Waals surface area (Å²) >= 11 is 0. The Hall–Kier alpha value is -3.35. The maximum Gasteiger partial charge on any atom is 0.417 e. The van der Waals surface area contributed by atoms with E-state index in [0.717, 1.165) is 18.1 Å². The van der Waals surface area contributed by atoms with Crippen molar-refractivity contribution in [1.82, 2.24) is 4.98 Å². The molecule has 1 aromatic heterocycles. The second-order valence-electron chi connectivity index (χ2n) is 7.43. The molecule has 0 fully saturated rings. The molecule has 1 N–H and O–H groups in total. The highest BCUT2D eigenvalue weighted by atomic mass is 19.4. The summed E-state index contributed by atoms with van der Waals surface area (Å²) in [7, 11) is 0. The molecule has 4 nitrogen and oxygen atoms in total. The Morgan fingerprint density at radius 2 is 2.00 bits per heavy atom. The largest absolute Gasteiger partial charge is 0.493 e. The number of nitrogens with one attached hydrogen (secondary N) is 1. The molecule has 0 saturated heterocycles. The summed E-state index contributed by atoms with van der Waals surface area (Å²) in [4.78, 5) is 15.4. The van der Waals surface area contributed by atoms with Gasteiger partial charge in [-0.15, -0.1) is 0 Å². The maximum absolute atomic E-state index is 13.4. The van der Waals surface area contributed by atoms with Crippen LogP contribution in [0.4, 0.5) is 18.9 Å². The summed E-state index contributed by atoms with van der Waals surface area (Å²) in [6.07, 6.45) is -0.210. The van der Waals surface area contributed by atoms with Gasteiger partial charge in [-0.25, -0.2) is 0 Å². The van der Waals surface area contributed by atoms with Crippen LogP contribution in [0.2, 0.25) is 0 Å². The second kappa shape index (κ2) is 8.41. The Morgan fingerprint density at radius 3 is 2.77 bits per heavy atom. The molecular weight excluding hydrogens is 405 g/mol. The minimum absolute atomic E-state index is 0.0785. The van der Waals surface area contributed by atoms with Gasteiger partial charge in [-0.2, -0.15) is 13.2 Å². The van der Waals surface area contributed by atoms with Crippen molar-refractivity contribution in [1.29, 1.82) is 0 Å². The number of rotatable bonds is 5. The van der Waals surface area contributed by atoms with Crippen LogP contribution in [0.3, 0.4) is 0 Å². The topological polar surface area (TPSA) is 51.2 Å². The molecule has 0 unspecified atom stereocenters. The number of ether oxygens (including phenoxy) is 1. The first-order chi connectivity index (χ1) is 14.9. The fourth-order valence-electron chi connectivity index (χ4n) is 3.92. The standard InChI is InChI=1S/C24H20F3N2O2/c1-15-23(18(14-30)8-10-28-15)29-13-17-9-11-31-22-12-16(6-7-20(17)22)19-4-2-3-5-21(19)24(25,26)27/h2-8,10,12,17,29H,9,11,13H2,1H3/t17-/m0/s1. The van der Waals surface area contributed by atoms with E-state index in [9.17, 15) is 18.0 Å². The number of alkyl halides is 3. The Labute approximate surface area is 178 Å². The first-order valence-corrected chi connectivity index (χ1v) is 9.89. The zero-order valence-corrected chi connectivity index (χ0v) is 16.8. The van der Waals surface area contributed by atoms with Crippen molar-refractivity contribution in [3.05, 3.63) is 77.1 Å². The number of anilines is 1. The zero-order valence-electron chi connectivity index (χ0n) is 16.8. The fraction of sp³-hybridized carbons (Fsp3) is 0.250. The number of aromatic nitrogens is 1. The third-order valence-corrected chi connectivity index (χ3v) is 5.50. The molecular formula is C24H20F3N2O2. The molecule has 2 heterocycles. The van der Waals surface area contributed by atoms with E-state index in [1.807, 2.05) is 19.3 Å². The van der Waals surface area contributed by atoms with Gasteiger partial charge >= 0.3 is 6.18 Å². The van der Waals surface area contributed by atoms with Gasteiger partial charge in [0.15, 0.2) is 0 Å². The molecule has 0 spiro atoms. The Bertz CT molecular complexity index is 1110. The van der Waals surface area contributed by atoms with Gasteiger partial charge in [-0.3, -0.25) is 9.78 Å². The molecule has 1 aliphatic heterocycles. The number of halogens is 3. The molecule has 3 aromatic rings. The summed E-state index contributed by atoms with van der Waals surface area (Å²) in [6, 6.07) is 12.3. The van der Waals surface area contributed by atoms with E-state index in [1.54, 1.807) is 30.5 Å². The van der Waals surface area contributed by atoms with Crippen molar-refractivity contribution in [3.8, 4) is 16.9 Å². The van der Waals surface area contributed by atoms with Crippen LogP contribution in [-0.4, -0.2) is 24.4 Å². The van der Waals surface area contributed by atoms with Crippen molar-refractivity contribution in [2.24, 2.45) is 0 Å². The Kier molecular flexibility index (Phi) is 5.67. The van der Waals surface area contributed by atoms with Crippen molar-refractivity contribution < 1.29 is 22.7 Å². The summed E-state index contributed by atoms with van der Waals surface area (Å²) in [5.41, 5.74) is 2.59. The number of benzene rings is 2. The SMILES string of the molecule is Cc1nccc([C]=O)c1NC[C@@H]1CCOc2cc(-c3ccccc3C(F)(F)F)ccc21. The van der Waals surface area contributed by atoms with Crippen LogP contribution >= 0.6 is 0 Å². The van der Waals surface area contributed by atoms with Crippen LogP contribution in [0.1, 0.15) is 34.7 Å². The van der Waals surface area contributed by atoms with Crippen LogP contribution in [0.15, 0.2) is 54.7 Å². The molecule has 2 aromatic carbocycles. The van der Waals surface area contributed by atoms with E-state index in [4.69, 9.17) is 4.74 Å². The maximum atomic E-state index is 13.4. The van der Waals surface area contributed by atoms with E-state index in [-0.39, 0.29) is 11.5 Å². The monoisotopic (exact) mass is 425 g/mol.